The van der Waals surface area contributed by atoms with Crippen molar-refractivity contribution in [3.8, 4) is 5.75 Å². The first-order valence-corrected chi connectivity index (χ1v) is 9.44. The van der Waals surface area contributed by atoms with E-state index in [-0.39, 0.29) is 23.4 Å². The number of ether oxygens (including phenoxy) is 1. The van der Waals surface area contributed by atoms with Crippen molar-refractivity contribution in [1.82, 2.24) is 10.2 Å². The molecule has 1 aliphatic carbocycles. The molecule has 2 aliphatic rings. The molecule has 2 fully saturated rings. The van der Waals surface area contributed by atoms with E-state index in [1.165, 1.54) is 13.2 Å². The van der Waals surface area contributed by atoms with Gasteiger partial charge in [-0.15, -0.1) is 0 Å². The average Bonchev–Trinajstić information content (AvgIpc) is 3.28. The number of methoxy groups -OCH3 is 1. The first kappa shape index (κ1) is 19.5. The van der Waals surface area contributed by atoms with Gasteiger partial charge in [-0.05, 0) is 30.5 Å². The van der Waals surface area contributed by atoms with E-state index in [9.17, 15) is 19.5 Å². The minimum absolute atomic E-state index is 0.0265. The Kier molecular flexibility index (Phi) is 5.89. The Hall–Kier alpha value is -2.28. The molecule has 8 heteroatoms. The molecule has 0 spiro atoms. The molecule has 2 amide bonds. The summed E-state index contributed by atoms with van der Waals surface area (Å²) in [6.07, 6.45) is 4.28. The smallest absolute Gasteiger partial charge is 0.330 e. The van der Waals surface area contributed by atoms with Crippen LogP contribution in [-0.4, -0.2) is 47.5 Å². The second-order valence-electron chi connectivity index (χ2n) is 7.06. The molecule has 2 atom stereocenters. The normalized spacial score (nSPS) is 21.3. The van der Waals surface area contributed by atoms with Crippen LogP contribution in [0.5, 0.6) is 5.75 Å². The zero-order valence-electron chi connectivity index (χ0n) is 15.1. The van der Waals surface area contributed by atoms with E-state index in [4.69, 9.17) is 16.3 Å². The number of nitrogens with one attached hydrogen (secondary N) is 1. The zero-order valence-corrected chi connectivity index (χ0v) is 15.9. The van der Waals surface area contributed by atoms with Crippen molar-refractivity contribution in [2.75, 3.05) is 13.7 Å². The number of carbonyl (C=O) groups is 3. The monoisotopic (exact) mass is 394 g/mol. The predicted molar refractivity (Wildman–Crippen MR) is 98.6 cm³/mol. The topological polar surface area (TPSA) is 95.9 Å². The number of benzene rings is 1. The maximum Gasteiger partial charge on any atom is 0.330 e. The highest BCUT2D eigenvalue weighted by atomic mass is 35.5. The van der Waals surface area contributed by atoms with Gasteiger partial charge in [0.15, 0.2) is 6.04 Å². The first-order chi connectivity index (χ1) is 12.9. The van der Waals surface area contributed by atoms with Crippen molar-refractivity contribution >= 4 is 29.4 Å². The Morgan fingerprint density at radius 1 is 1.33 bits per heavy atom. The predicted octanol–water partition coefficient (Wildman–Crippen LogP) is 2.38. The van der Waals surface area contributed by atoms with Crippen LogP contribution >= 0.6 is 11.6 Å². The molecular weight excluding hydrogens is 372 g/mol. The van der Waals surface area contributed by atoms with Gasteiger partial charge in [0, 0.05) is 19.0 Å². The van der Waals surface area contributed by atoms with Crippen molar-refractivity contribution in [2.24, 2.45) is 5.92 Å². The van der Waals surface area contributed by atoms with Gasteiger partial charge >= 0.3 is 5.97 Å². The minimum atomic E-state index is -1.24. The molecule has 1 saturated heterocycles. The molecule has 2 unspecified atom stereocenters. The number of amides is 2. The molecule has 1 aromatic rings. The molecule has 1 heterocycles. The third-order valence-corrected chi connectivity index (χ3v) is 5.63. The van der Waals surface area contributed by atoms with E-state index in [1.54, 1.807) is 17.0 Å². The Balaban J connectivity index is 1.69. The van der Waals surface area contributed by atoms with E-state index >= 15 is 0 Å². The van der Waals surface area contributed by atoms with Gasteiger partial charge in [0.1, 0.15) is 5.75 Å². The van der Waals surface area contributed by atoms with Crippen LogP contribution in [0.25, 0.3) is 0 Å². The summed E-state index contributed by atoms with van der Waals surface area (Å²) in [7, 11) is 1.46. The highest BCUT2D eigenvalue weighted by Crippen LogP contribution is 2.31. The van der Waals surface area contributed by atoms with Gasteiger partial charge in [-0.2, -0.15) is 0 Å². The molecule has 3 rings (SSSR count). The lowest BCUT2D eigenvalue weighted by Crippen LogP contribution is -2.40. The molecule has 2 N–H and O–H groups in total. The third kappa shape index (κ3) is 4.18. The number of halogens is 1. The van der Waals surface area contributed by atoms with Crippen molar-refractivity contribution in [2.45, 2.75) is 44.2 Å². The number of likely N-dealkylation sites (tertiary alicyclic amines) is 1. The standard InChI is InChI=1S/C19H23ClN2O5/c1-27-15-7-6-11(8-14(15)20)17(19(25)26)21-18(24)12-9-16(23)22(10-12)13-4-2-3-5-13/h6-8,12-13,17H,2-5,9-10H2,1H3,(H,21,24)(H,25,26). The van der Waals surface area contributed by atoms with Crippen molar-refractivity contribution < 1.29 is 24.2 Å². The SMILES string of the molecule is COc1ccc(C(NC(=O)C2CC(=O)N(C3CCCC3)C2)C(=O)O)cc1Cl. The summed E-state index contributed by atoms with van der Waals surface area (Å²) < 4.78 is 5.07. The minimum Gasteiger partial charge on any atom is -0.495 e. The molecular formula is C19H23ClN2O5. The number of hydrogen-bond acceptors (Lipinski definition) is 4. The van der Waals surface area contributed by atoms with Gasteiger partial charge in [0.05, 0.1) is 18.1 Å². The van der Waals surface area contributed by atoms with Gasteiger partial charge in [0.25, 0.3) is 0 Å². The quantitative estimate of drug-likeness (QED) is 0.772. The Bertz CT molecular complexity index is 748. The number of aliphatic carboxylic acids is 1. The number of carboxylic acids is 1. The van der Waals surface area contributed by atoms with Crippen LogP contribution in [0.3, 0.4) is 0 Å². The molecule has 146 valence electrons. The number of nitrogens with zero attached hydrogens (tertiary/aromatic N) is 1. The second-order valence-corrected chi connectivity index (χ2v) is 7.47. The summed E-state index contributed by atoms with van der Waals surface area (Å²) in [4.78, 5) is 38.4. The summed E-state index contributed by atoms with van der Waals surface area (Å²) in [6, 6.07) is 3.54. The van der Waals surface area contributed by atoms with Crippen LogP contribution in [0, 0.1) is 5.92 Å². The average molecular weight is 395 g/mol. The first-order valence-electron chi connectivity index (χ1n) is 9.06. The molecule has 1 aromatic carbocycles. The van der Waals surface area contributed by atoms with Crippen LogP contribution in [0.2, 0.25) is 5.02 Å². The van der Waals surface area contributed by atoms with Crippen LogP contribution in [0.4, 0.5) is 0 Å². The van der Waals surface area contributed by atoms with Crippen LogP contribution < -0.4 is 10.1 Å². The molecule has 0 radical (unpaired) electrons. The maximum atomic E-state index is 12.6. The third-order valence-electron chi connectivity index (χ3n) is 5.34. The molecule has 0 bridgehead atoms. The van der Waals surface area contributed by atoms with Gasteiger partial charge in [-0.25, -0.2) is 4.79 Å². The Labute approximate surface area is 162 Å². The number of rotatable bonds is 6. The van der Waals surface area contributed by atoms with Gasteiger partial charge < -0.3 is 20.1 Å². The lowest BCUT2D eigenvalue weighted by atomic mass is 10.0. The Morgan fingerprint density at radius 2 is 2.04 bits per heavy atom. The zero-order chi connectivity index (χ0) is 19.6. The number of hydrogen-bond donors (Lipinski definition) is 2. The van der Waals surface area contributed by atoms with E-state index in [0.29, 0.717) is 17.9 Å². The van der Waals surface area contributed by atoms with Crippen LogP contribution in [0.15, 0.2) is 18.2 Å². The van der Waals surface area contributed by atoms with E-state index in [2.05, 4.69) is 5.32 Å². The lowest BCUT2D eigenvalue weighted by molar-refractivity contribution is -0.142. The largest absolute Gasteiger partial charge is 0.495 e. The maximum absolute atomic E-state index is 12.6. The summed E-state index contributed by atoms with van der Waals surface area (Å²) >= 11 is 6.07. The van der Waals surface area contributed by atoms with E-state index < -0.39 is 23.8 Å². The number of carbonyl (C=O) groups excluding carboxylic acids is 2. The summed E-state index contributed by atoms with van der Waals surface area (Å²) in [5.41, 5.74) is 0.346. The summed E-state index contributed by atoms with van der Waals surface area (Å²) in [5.74, 6) is -1.76. The highest BCUT2D eigenvalue weighted by molar-refractivity contribution is 6.32. The van der Waals surface area contributed by atoms with Crippen LogP contribution in [-0.2, 0) is 14.4 Å². The Morgan fingerprint density at radius 3 is 2.63 bits per heavy atom. The molecule has 1 aliphatic heterocycles. The van der Waals surface area contributed by atoms with Crippen LogP contribution in [0.1, 0.15) is 43.7 Å². The summed E-state index contributed by atoms with van der Waals surface area (Å²) in [6.45, 7) is 0.352. The fraction of sp³-hybridized carbons (Fsp3) is 0.526. The molecule has 0 aromatic heterocycles. The second kappa shape index (κ2) is 8.17. The van der Waals surface area contributed by atoms with Crippen molar-refractivity contribution in [1.29, 1.82) is 0 Å². The van der Waals surface area contributed by atoms with Gasteiger partial charge in [-0.1, -0.05) is 30.5 Å². The van der Waals surface area contributed by atoms with E-state index in [1.807, 2.05) is 0 Å². The van der Waals surface area contributed by atoms with Gasteiger partial charge in [0.2, 0.25) is 11.8 Å². The summed E-state index contributed by atoms with van der Waals surface area (Å²) in [5, 5.41) is 12.4. The van der Waals surface area contributed by atoms with Crippen molar-refractivity contribution in [3.05, 3.63) is 28.8 Å². The molecule has 1 saturated carbocycles. The fourth-order valence-electron chi connectivity index (χ4n) is 3.89. The van der Waals surface area contributed by atoms with Crippen molar-refractivity contribution in [3.63, 3.8) is 0 Å². The van der Waals surface area contributed by atoms with E-state index in [0.717, 1.165) is 25.7 Å². The fourth-order valence-corrected chi connectivity index (χ4v) is 4.15. The number of carboxylic acid groups (broad SMARTS) is 1. The van der Waals surface area contributed by atoms with Gasteiger partial charge in [-0.3, -0.25) is 9.59 Å². The molecule has 7 nitrogen and oxygen atoms in total. The highest BCUT2D eigenvalue weighted by Gasteiger charge is 2.39. The molecule has 27 heavy (non-hydrogen) atoms. The lowest BCUT2D eigenvalue weighted by Gasteiger charge is -2.24.